The second-order valence-electron chi connectivity index (χ2n) is 2.02. The summed E-state index contributed by atoms with van der Waals surface area (Å²) in [6.45, 7) is 0. The molecule has 1 rings (SSSR count). The molecule has 0 fully saturated rings. The van der Waals surface area contributed by atoms with Gasteiger partial charge < -0.3 is 5.11 Å². The summed E-state index contributed by atoms with van der Waals surface area (Å²) in [4.78, 5) is 0. The van der Waals surface area contributed by atoms with Gasteiger partial charge in [-0.15, -0.1) is 0 Å². The van der Waals surface area contributed by atoms with Crippen molar-refractivity contribution in [2.75, 3.05) is 0 Å². The molecule has 0 radical (unpaired) electrons. The average molecular weight is 211 g/mol. The van der Waals surface area contributed by atoms with E-state index in [0.29, 0.717) is 0 Å². The van der Waals surface area contributed by atoms with Crippen LogP contribution in [0.3, 0.4) is 0 Å². The Morgan fingerprint density at radius 1 is 1.70 bits per heavy atom. The lowest BCUT2D eigenvalue weighted by Gasteiger charge is -2.21. The molecule has 0 bridgehead atoms. The summed E-state index contributed by atoms with van der Waals surface area (Å²) >= 11 is 2.61. The van der Waals surface area contributed by atoms with Gasteiger partial charge in [0.2, 0.25) is 0 Å². The summed E-state index contributed by atoms with van der Waals surface area (Å²) in [6, 6.07) is 0. The molecule has 2 atom stereocenters. The molecule has 0 aromatic carbocycles. The molecule has 0 aliphatic heterocycles. The minimum atomic E-state index is -1.87. The summed E-state index contributed by atoms with van der Waals surface area (Å²) in [6.07, 6.45) is 1.11. The lowest BCUT2D eigenvalue weighted by molar-refractivity contribution is 0.114. The fourth-order valence-corrected chi connectivity index (χ4v) is 1.00. The highest BCUT2D eigenvalue weighted by Gasteiger charge is 2.33. The molecule has 0 saturated carbocycles. The Morgan fingerprint density at radius 3 is 2.70 bits per heavy atom. The largest absolute Gasteiger partial charge is 0.372 e. The summed E-state index contributed by atoms with van der Waals surface area (Å²) in [5.41, 5.74) is 0. The van der Waals surface area contributed by atoms with Crippen molar-refractivity contribution in [1.82, 2.24) is 0 Å². The number of halogens is 3. The second kappa shape index (κ2) is 2.43. The highest BCUT2D eigenvalue weighted by atomic mass is 79.9. The van der Waals surface area contributed by atoms with Crippen molar-refractivity contribution < 1.29 is 13.9 Å². The second-order valence-corrected chi connectivity index (χ2v) is 3.29. The van der Waals surface area contributed by atoms with E-state index in [2.05, 4.69) is 15.9 Å². The van der Waals surface area contributed by atoms with Crippen molar-refractivity contribution in [2.45, 2.75) is 10.7 Å². The molecule has 0 amide bonds. The first-order chi connectivity index (χ1) is 4.52. The van der Waals surface area contributed by atoms with Gasteiger partial charge in [-0.2, -0.15) is 0 Å². The van der Waals surface area contributed by atoms with Gasteiger partial charge >= 0.3 is 0 Å². The number of hydrogen-bond donors (Lipinski definition) is 1. The zero-order chi connectivity index (χ0) is 7.78. The SMILES string of the molecule is OC1(Br)C=C(F)C=CC1F. The molecule has 0 aromatic rings. The van der Waals surface area contributed by atoms with Gasteiger partial charge in [-0.3, -0.25) is 0 Å². The van der Waals surface area contributed by atoms with Crippen LogP contribution in [0.4, 0.5) is 8.78 Å². The summed E-state index contributed by atoms with van der Waals surface area (Å²) in [5.74, 6) is -0.645. The maximum atomic E-state index is 12.5. The number of aliphatic hydroxyl groups is 1. The third-order valence-corrected chi connectivity index (χ3v) is 1.82. The Hall–Kier alpha value is -0.220. The molecule has 0 saturated heterocycles. The van der Waals surface area contributed by atoms with Gasteiger partial charge in [0.1, 0.15) is 5.83 Å². The Kier molecular flexibility index (Phi) is 1.92. The van der Waals surface area contributed by atoms with Crippen LogP contribution in [0.25, 0.3) is 0 Å². The van der Waals surface area contributed by atoms with E-state index in [1.807, 2.05) is 0 Å². The topological polar surface area (TPSA) is 20.2 Å². The van der Waals surface area contributed by atoms with Crippen molar-refractivity contribution in [3.63, 3.8) is 0 Å². The molecule has 0 aromatic heterocycles. The van der Waals surface area contributed by atoms with E-state index >= 15 is 0 Å². The maximum Gasteiger partial charge on any atom is 0.175 e. The van der Waals surface area contributed by atoms with Crippen molar-refractivity contribution in [3.8, 4) is 0 Å². The Bertz CT molecular complexity index is 198. The molecule has 0 heterocycles. The minimum absolute atomic E-state index is 0.645. The quantitative estimate of drug-likeness (QED) is 0.606. The van der Waals surface area contributed by atoms with Crippen LogP contribution in [-0.4, -0.2) is 15.8 Å². The summed E-state index contributed by atoms with van der Waals surface area (Å²) in [7, 11) is 0. The van der Waals surface area contributed by atoms with Crippen LogP contribution in [0.2, 0.25) is 0 Å². The predicted octanol–water partition coefficient (Wildman–Crippen LogP) is 1.83. The van der Waals surface area contributed by atoms with Gasteiger partial charge in [-0.05, 0) is 34.2 Å². The van der Waals surface area contributed by atoms with Crippen molar-refractivity contribution >= 4 is 15.9 Å². The third-order valence-electron chi connectivity index (χ3n) is 1.15. The Morgan fingerprint density at radius 2 is 2.30 bits per heavy atom. The van der Waals surface area contributed by atoms with Crippen molar-refractivity contribution in [3.05, 3.63) is 24.1 Å². The van der Waals surface area contributed by atoms with E-state index in [-0.39, 0.29) is 0 Å². The zero-order valence-electron chi connectivity index (χ0n) is 4.89. The normalized spacial score (nSPS) is 39.6. The van der Waals surface area contributed by atoms with Gasteiger partial charge in [0.15, 0.2) is 10.7 Å². The summed E-state index contributed by atoms with van der Waals surface area (Å²) in [5, 5.41) is 8.99. The Labute approximate surface area is 65.2 Å². The molecule has 56 valence electrons. The standard InChI is InChI=1S/C6H5BrF2O/c7-6(10)3-4(8)1-2-5(6)9/h1-3,5,10H. The third kappa shape index (κ3) is 1.44. The number of rotatable bonds is 0. The van der Waals surface area contributed by atoms with E-state index in [1.54, 1.807) is 0 Å². The van der Waals surface area contributed by atoms with Crippen LogP contribution in [-0.2, 0) is 0 Å². The number of hydrogen-bond acceptors (Lipinski definition) is 1. The minimum Gasteiger partial charge on any atom is -0.372 e. The molecule has 10 heavy (non-hydrogen) atoms. The van der Waals surface area contributed by atoms with Gasteiger partial charge in [0.05, 0.1) is 0 Å². The molecule has 1 aliphatic carbocycles. The van der Waals surface area contributed by atoms with Gasteiger partial charge in [0.25, 0.3) is 0 Å². The molecule has 4 heteroatoms. The van der Waals surface area contributed by atoms with E-state index in [1.165, 1.54) is 0 Å². The summed E-state index contributed by atoms with van der Waals surface area (Å²) < 4.78 is 22.9. The highest BCUT2D eigenvalue weighted by molar-refractivity contribution is 9.10. The lowest BCUT2D eigenvalue weighted by Crippen LogP contribution is -2.30. The van der Waals surface area contributed by atoms with Crippen LogP contribution >= 0.6 is 15.9 Å². The van der Waals surface area contributed by atoms with E-state index < -0.39 is 16.5 Å². The van der Waals surface area contributed by atoms with E-state index in [9.17, 15) is 8.78 Å². The fraction of sp³-hybridized carbons (Fsp3) is 0.333. The Balaban J connectivity index is 2.88. The molecule has 1 nitrogen and oxygen atoms in total. The van der Waals surface area contributed by atoms with Gasteiger partial charge in [-0.25, -0.2) is 8.78 Å². The van der Waals surface area contributed by atoms with Crippen LogP contribution in [0.15, 0.2) is 24.1 Å². The number of allylic oxidation sites excluding steroid dienone is 2. The smallest absolute Gasteiger partial charge is 0.175 e. The first-order valence-electron chi connectivity index (χ1n) is 2.64. The molecular formula is C6H5BrF2O. The monoisotopic (exact) mass is 210 g/mol. The van der Waals surface area contributed by atoms with Crippen LogP contribution < -0.4 is 0 Å². The molecule has 0 spiro atoms. The first-order valence-corrected chi connectivity index (χ1v) is 3.43. The van der Waals surface area contributed by atoms with E-state index in [4.69, 9.17) is 5.11 Å². The van der Waals surface area contributed by atoms with Crippen LogP contribution in [0.1, 0.15) is 0 Å². The maximum absolute atomic E-state index is 12.5. The molecular weight excluding hydrogens is 206 g/mol. The van der Waals surface area contributed by atoms with Gasteiger partial charge in [0, 0.05) is 0 Å². The van der Waals surface area contributed by atoms with Crippen LogP contribution in [0.5, 0.6) is 0 Å². The van der Waals surface area contributed by atoms with Gasteiger partial charge in [-0.1, -0.05) is 0 Å². The van der Waals surface area contributed by atoms with E-state index in [0.717, 1.165) is 18.2 Å². The molecule has 1 N–H and O–H groups in total. The lowest BCUT2D eigenvalue weighted by atomic mass is 10.1. The molecule has 2 unspecified atom stereocenters. The van der Waals surface area contributed by atoms with Crippen molar-refractivity contribution in [1.29, 1.82) is 0 Å². The van der Waals surface area contributed by atoms with Crippen LogP contribution in [0, 0.1) is 0 Å². The van der Waals surface area contributed by atoms with Crippen molar-refractivity contribution in [2.24, 2.45) is 0 Å². The highest BCUT2D eigenvalue weighted by Crippen LogP contribution is 2.30. The predicted molar refractivity (Wildman–Crippen MR) is 37.1 cm³/mol. The average Bonchev–Trinajstić information content (AvgIpc) is 1.78. The first kappa shape index (κ1) is 7.88. The zero-order valence-corrected chi connectivity index (χ0v) is 6.48. The number of alkyl halides is 2. The molecule has 1 aliphatic rings. The fourth-order valence-electron chi connectivity index (χ4n) is 0.632.